The van der Waals surface area contributed by atoms with E-state index in [0.29, 0.717) is 10.9 Å². The predicted octanol–water partition coefficient (Wildman–Crippen LogP) is 2.73. The second-order valence-electron chi connectivity index (χ2n) is 3.63. The van der Waals surface area contributed by atoms with E-state index in [1.165, 1.54) is 7.11 Å². The Hall–Kier alpha value is -1.34. The van der Waals surface area contributed by atoms with Crippen LogP contribution in [-0.4, -0.2) is 13.1 Å². The molecule has 1 rings (SSSR count). The number of nitrogens with zero attached hydrogens (tertiary/aromatic N) is 1. The smallest absolute Gasteiger partial charge is 0.310 e. The van der Waals surface area contributed by atoms with Crippen molar-refractivity contribution in [3.8, 4) is 6.07 Å². The second kappa shape index (κ2) is 6.41. The Bertz CT molecular complexity index is 463. The van der Waals surface area contributed by atoms with Crippen LogP contribution in [0.4, 0.5) is 0 Å². The topological polar surface area (TPSA) is 50.1 Å². The number of carbonyl (C=O) groups is 1. The third-order valence-electron chi connectivity index (χ3n) is 2.63. The van der Waals surface area contributed by atoms with Crippen molar-refractivity contribution < 1.29 is 9.53 Å². The predicted molar refractivity (Wildman–Crippen MR) is 68.9 cm³/mol. The summed E-state index contributed by atoms with van der Waals surface area (Å²) in [5.74, 6) is -0.324. The van der Waals surface area contributed by atoms with E-state index in [4.69, 9.17) is 5.26 Å². The van der Waals surface area contributed by atoms with Gasteiger partial charge in [-0.05, 0) is 29.2 Å². The largest absolute Gasteiger partial charge is 0.469 e. The monoisotopic (exact) mass is 295 g/mol. The number of carbonyl (C=O) groups excluding carboxylic acids is 1. The molecule has 1 aromatic carbocycles. The first kappa shape index (κ1) is 13.7. The molecule has 0 bridgehead atoms. The van der Waals surface area contributed by atoms with Crippen molar-refractivity contribution in [2.24, 2.45) is 0 Å². The third-order valence-corrected chi connectivity index (χ3v) is 3.24. The summed E-state index contributed by atoms with van der Waals surface area (Å²) < 4.78 is 4.63. The fraction of sp³-hybridized carbons (Fsp3) is 0.385. The van der Waals surface area contributed by atoms with Gasteiger partial charge in [-0.1, -0.05) is 28.9 Å². The van der Waals surface area contributed by atoms with Crippen molar-refractivity contribution in [2.75, 3.05) is 7.11 Å². The van der Waals surface area contributed by atoms with Gasteiger partial charge in [0, 0.05) is 5.33 Å². The molecule has 0 heterocycles. The normalized spacial score (nSPS) is 9.76. The van der Waals surface area contributed by atoms with Crippen molar-refractivity contribution in [3.63, 3.8) is 0 Å². The summed E-state index contributed by atoms with van der Waals surface area (Å²) in [4.78, 5) is 11.3. The van der Waals surface area contributed by atoms with Gasteiger partial charge in [-0.15, -0.1) is 0 Å². The molecule has 0 spiro atoms. The molecular weight excluding hydrogens is 282 g/mol. The Morgan fingerprint density at radius 3 is 2.59 bits per heavy atom. The zero-order valence-electron chi connectivity index (χ0n) is 9.92. The molecule has 90 valence electrons. The van der Waals surface area contributed by atoms with Crippen LogP contribution < -0.4 is 0 Å². The number of ether oxygens (including phenoxy) is 1. The van der Waals surface area contributed by atoms with Crippen LogP contribution in [0.15, 0.2) is 12.1 Å². The van der Waals surface area contributed by atoms with Crippen LogP contribution in [0.25, 0.3) is 0 Å². The number of hydrogen-bond donors (Lipinski definition) is 0. The van der Waals surface area contributed by atoms with Crippen LogP contribution in [0.1, 0.15) is 29.2 Å². The lowest BCUT2D eigenvalue weighted by atomic mass is 9.96. The molecule has 3 nitrogen and oxygen atoms in total. The molecule has 0 atom stereocenters. The summed E-state index contributed by atoms with van der Waals surface area (Å²) >= 11 is 3.40. The summed E-state index contributed by atoms with van der Waals surface area (Å²) in [7, 11) is 1.35. The van der Waals surface area contributed by atoms with Crippen LogP contribution in [0.3, 0.4) is 0 Å². The zero-order chi connectivity index (χ0) is 12.8. The lowest BCUT2D eigenvalue weighted by Crippen LogP contribution is -2.07. The maximum Gasteiger partial charge on any atom is 0.310 e. The van der Waals surface area contributed by atoms with Crippen molar-refractivity contribution >= 4 is 21.9 Å². The lowest BCUT2D eigenvalue weighted by Gasteiger charge is -2.10. The van der Waals surface area contributed by atoms with E-state index in [2.05, 4.69) is 33.7 Å². The number of rotatable bonds is 4. The molecule has 0 saturated carbocycles. The van der Waals surface area contributed by atoms with E-state index in [0.717, 1.165) is 23.1 Å². The Morgan fingerprint density at radius 2 is 2.12 bits per heavy atom. The number of methoxy groups -OCH3 is 1. The van der Waals surface area contributed by atoms with Gasteiger partial charge >= 0.3 is 5.97 Å². The molecule has 0 radical (unpaired) electrons. The molecule has 17 heavy (non-hydrogen) atoms. The Kier molecular flexibility index (Phi) is 5.17. The zero-order valence-corrected chi connectivity index (χ0v) is 11.5. The van der Waals surface area contributed by atoms with Crippen molar-refractivity contribution in [3.05, 3.63) is 34.4 Å². The molecule has 0 aliphatic carbocycles. The van der Waals surface area contributed by atoms with Gasteiger partial charge in [0.2, 0.25) is 0 Å². The average Bonchev–Trinajstić information content (AvgIpc) is 2.37. The number of nitriles is 1. The van der Waals surface area contributed by atoms with Gasteiger partial charge in [0.05, 0.1) is 25.2 Å². The van der Waals surface area contributed by atoms with Crippen molar-refractivity contribution in [2.45, 2.75) is 25.1 Å². The fourth-order valence-electron chi connectivity index (χ4n) is 1.67. The highest BCUT2D eigenvalue weighted by Crippen LogP contribution is 2.20. The number of halogens is 1. The molecule has 0 amide bonds. The molecule has 4 heteroatoms. The first-order valence-electron chi connectivity index (χ1n) is 5.33. The van der Waals surface area contributed by atoms with Crippen LogP contribution in [0.2, 0.25) is 0 Å². The molecule has 0 saturated heterocycles. The highest BCUT2D eigenvalue weighted by Gasteiger charge is 2.11. The number of alkyl halides is 1. The minimum absolute atomic E-state index is 0.148. The van der Waals surface area contributed by atoms with Gasteiger partial charge in [0.15, 0.2) is 0 Å². The van der Waals surface area contributed by atoms with Gasteiger partial charge in [0.25, 0.3) is 0 Å². The van der Waals surface area contributed by atoms with E-state index in [1.54, 1.807) is 0 Å². The van der Waals surface area contributed by atoms with Gasteiger partial charge in [0.1, 0.15) is 0 Å². The number of benzene rings is 1. The van der Waals surface area contributed by atoms with E-state index in [-0.39, 0.29) is 12.4 Å². The number of hydrogen-bond acceptors (Lipinski definition) is 3. The molecule has 0 fully saturated rings. The maximum absolute atomic E-state index is 11.3. The summed E-state index contributed by atoms with van der Waals surface area (Å²) in [6.07, 6.45) is 1.02. The molecule has 0 unspecified atom stereocenters. The van der Waals surface area contributed by atoms with Crippen LogP contribution >= 0.6 is 15.9 Å². The van der Waals surface area contributed by atoms with Crippen molar-refractivity contribution in [1.29, 1.82) is 5.26 Å². The summed E-state index contributed by atoms with van der Waals surface area (Å²) in [5.41, 5.74) is 3.53. The molecular formula is C13H14BrNO2. The van der Waals surface area contributed by atoms with E-state index in [9.17, 15) is 4.79 Å². The minimum Gasteiger partial charge on any atom is -0.469 e. The molecule has 1 aromatic rings. The second-order valence-corrected chi connectivity index (χ2v) is 4.19. The van der Waals surface area contributed by atoms with E-state index in [1.807, 2.05) is 12.1 Å². The van der Waals surface area contributed by atoms with Crippen molar-refractivity contribution in [1.82, 2.24) is 0 Å². The summed E-state index contributed by atoms with van der Waals surface area (Å²) in [6.45, 7) is 2.05. The van der Waals surface area contributed by atoms with E-state index >= 15 is 0 Å². The molecule has 0 aliphatic heterocycles. The van der Waals surface area contributed by atoms with E-state index < -0.39 is 0 Å². The number of aryl methyl sites for hydroxylation is 1. The average molecular weight is 296 g/mol. The summed E-state index contributed by atoms with van der Waals surface area (Å²) in [5, 5.41) is 9.78. The van der Waals surface area contributed by atoms with Crippen LogP contribution in [-0.2, 0) is 27.7 Å². The standard InChI is InChI=1S/C13H14BrNO2/c1-3-9-4-10(6-13(16)17-2)12(8-15)5-11(9)7-14/h4-5H,3,6-7H2,1-2H3. The van der Waals surface area contributed by atoms with Gasteiger partial charge < -0.3 is 4.74 Å². The Balaban J connectivity index is 3.20. The first-order chi connectivity index (χ1) is 8.15. The van der Waals surface area contributed by atoms with Gasteiger partial charge in [-0.3, -0.25) is 4.79 Å². The molecule has 0 aromatic heterocycles. The SMILES string of the molecule is CCc1cc(CC(=O)OC)c(C#N)cc1CBr. The highest BCUT2D eigenvalue weighted by molar-refractivity contribution is 9.08. The van der Waals surface area contributed by atoms with Gasteiger partial charge in [-0.2, -0.15) is 5.26 Å². The molecule has 0 aliphatic rings. The maximum atomic E-state index is 11.3. The number of esters is 1. The third kappa shape index (κ3) is 3.31. The van der Waals surface area contributed by atoms with Gasteiger partial charge in [-0.25, -0.2) is 0 Å². The van der Waals surface area contributed by atoms with Crippen LogP contribution in [0, 0.1) is 11.3 Å². The Labute approximate surface area is 110 Å². The summed E-state index contributed by atoms with van der Waals surface area (Å²) in [6, 6.07) is 5.88. The highest BCUT2D eigenvalue weighted by atomic mass is 79.9. The first-order valence-corrected chi connectivity index (χ1v) is 6.45. The lowest BCUT2D eigenvalue weighted by molar-refractivity contribution is -0.139. The van der Waals surface area contributed by atoms with Crippen LogP contribution in [0.5, 0.6) is 0 Å². The minimum atomic E-state index is -0.324. The fourth-order valence-corrected chi connectivity index (χ4v) is 2.19. The quantitative estimate of drug-likeness (QED) is 0.634. The Morgan fingerprint density at radius 1 is 1.41 bits per heavy atom. The molecule has 0 N–H and O–H groups in total.